The van der Waals surface area contributed by atoms with Crippen molar-refractivity contribution in [3.05, 3.63) is 29.8 Å². The molecule has 0 spiro atoms. The summed E-state index contributed by atoms with van der Waals surface area (Å²) < 4.78 is 23.9. The van der Waals surface area contributed by atoms with Crippen LogP contribution in [0.25, 0.3) is 0 Å². The van der Waals surface area contributed by atoms with Gasteiger partial charge < -0.3 is 16.4 Å². The molecule has 0 heterocycles. The van der Waals surface area contributed by atoms with Crippen LogP contribution < -0.4 is 21.1 Å². The molecule has 1 atom stereocenters. The summed E-state index contributed by atoms with van der Waals surface area (Å²) in [5, 5.41) is 5.20. The third-order valence-electron chi connectivity index (χ3n) is 2.45. The summed E-state index contributed by atoms with van der Waals surface area (Å²) >= 11 is 0. The van der Waals surface area contributed by atoms with Crippen LogP contribution in [0.15, 0.2) is 24.3 Å². The fourth-order valence-corrected chi connectivity index (χ4v) is 1.96. The number of hydrogen-bond donors (Lipinski definition) is 4. The van der Waals surface area contributed by atoms with Crippen LogP contribution in [0.3, 0.4) is 0 Å². The highest BCUT2D eigenvalue weighted by Crippen LogP contribution is 2.15. The standard InChI is InChI=1S/C12H20N4O3S/c1-9(13)10-4-3-5-11(8-10)16-12(17)14-6-7-15-20(2,18)19/h3-5,8-9,15H,6-7,13H2,1-2H3,(H2,14,16,17). The second-order valence-corrected chi connectivity index (χ2v) is 6.29. The van der Waals surface area contributed by atoms with Gasteiger partial charge in [-0.15, -0.1) is 0 Å². The Morgan fingerprint density at radius 2 is 2.05 bits per heavy atom. The zero-order chi connectivity index (χ0) is 15.2. The van der Waals surface area contributed by atoms with Crippen molar-refractivity contribution in [2.45, 2.75) is 13.0 Å². The SMILES string of the molecule is CC(N)c1cccc(NC(=O)NCCNS(C)(=O)=O)c1. The van der Waals surface area contributed by atoms with Crippen molar-refractivity contribution in [1.29, 1.82) is 0 Å². The molecule has 7 nitrogen and oxygen atoms in total. The van der Waals surface area contributed by atoms with Crippen molar-refractivity contribution in [2.24, 2.45) is 5.73 Å². The van der Waals surface area contributed by atoms with Crippen LogP contribution >= 0.6 is 0 Å². The number of rotatable bonds is 6. The van der Waals surface area contributed by atoms with Gasteiger partial charge in [0.2, 0.25) is 10.0 Å². The summed E-state index contributed by atoms with van der Waals surface area (Å²) in [7, 11) is -3.23. The molecule has 1 aromatic carbocycles. The number of hydrogen-bond acceptors (Lipinski definition) is 4. The normalized spacial score (nSPS) is 12.8. The Morgan fingerprint density at radius 1 is 1.35 bits per heavy atom. The number of urea groups is 1. The monoisotopic (exact) mass is 300 g/mol. The van der Waals surface area contributed by atoms with Crippen LogP contribution in [-0.2, 0) is 10.0 Å². The molecule has 0 aliphatic carbocycles. The van der Waals surface area contributed by atoms with E-state index in [-0.39, 0.29) is 19.1 Å². The lowest BCUT2D eigenvalue weighted by molar-refractivity contribution is 0.252. The number of sulfonamides is 1. The van der Waals surface area contributed by atoms with E-state index in [1.165, 1.54) is 0 Å². The minimum absolute atomic E-state index is 0.112. The molecule has 0 aliphatic heterocycles. The molecule has 8 heteroatoms. The summed E-state index contributed by atoms with van der Waals surface area (Å²) in [4.78, 5) is 11.6. The van der Waals surface area contributed by atoms with Gasteiger partial charge >= 0.3 is 6.03 Å². The van der Waals surface area contributed by atoms with Gasteiger partial charge in [-0.2, -0.15) is 0 Å². The zero-order valence-corrected chi connectivity index (χ0v) is 12.3. The summed E-state index contributed by atoms with van der Waals surface area (Å²) in [6.07, 6.45) is 1.06. The van der Waals surface area contributed by atoms with E-state index in [4.69, 9.17) is 5.73 Å². The van der Waals surface area contributed by atoms with E-state index in [0.717, 1.165) is 11.8 Å². The van der Waals surface area contributed by atoms with Crippen molar-refractivity contribution < 1.29 is 13.2 Å². The molecule has 2 amide bonds. The van der Waals surface area contributed by atoms with Gasteiger partial charge in [-0.25, -0.2) is 17.9 Å². The number of nitrogens with one attached hydrogen (secondary N) is 3. The summed E-state index contributed by atoms with van der Waals surface area (Å²) in [5.41, 5.74) is 7.31. The molecule has 0 aliphatic rings. The van der Waals surface area contributed by atoms with Crippen LogP contribution in [-0.4, -0.2) is 33.8 Å². The third kappa shape index (κ3) is 6.50. The van der Waals surface area contributed by atoms with Crippen LogP contribution in [0.1, 0.15) is 18.5 Å². The first kappa shape index (κ1) is 16.4. The smallest absolute Gasteiger partial charge is 0.319 e. The number of carbonyl (C=O) groups is 1. The lowest BCUT2D eigenvalue weighted by Gasteiger charge is -2.10. The molecule has 1 unspecified atom stereocenters. The molecule has 0 saturated carbocycles. The molecule has 1 aromatic rings. The molecule has 0 aromatic heterocycles. The predicted molar refractivity (Wildman–Crippen MR) is 78.9 cm³/mol. The van der Waals surface area contributed by atoms with Crippen LogP contribution in [0.4, 0.5) is 10.5 Å². The van der Waals surface area contributed by atoms with Gasteiger partial charge in [-0.3, -0.25) is 0 Å². The van der Waals surface area contributed by atoms with Gasteiger partial charge in [0.05, 0.1) is 6.26 Å². The Labute approximate surface area is 119 Å². The second-order valence-electron chi connectivity index (χ2n) is 4.46. The van der Waals surface area contributed by atoms with Gasteiger partial charge in [0.1, 0.15) is 0 Å². The molecule has 5 N–H and O–H groups in total. The Balaban J connectivity index is 2.41. The van der Waals surface area contributed by atoms with E-state index in [0.29, 0.717) is 5.69 Å². The molecule has 0 bridgehead atoms. The van der Waals surface area contributed by atoms with Crippen molar-refractivity contribution in [3.8, 4) is 0 Å². The Morgan fingerprint density at radius 3 is 2.65 bits per heavy atom. The summed E-state index contributed by atoms with van der Waals surface area (Å²) in [5.74, 6) is 0. The Bertz CT molecular complexity index is 558. The van der Waals surface area contributed by atoms with E-state index in [1.54, 1.807) is 18.2 Å². The second kappa shape index (κ2) is 7.22. The van der Waals surface area contributed by atoms with Crippen LogP contribution in [0, 0.1) is 0 Å². The molecule has 0 fully saturated rings. The van der Waals surface area contributed by atoms with E-state index in [2.05, 4.69) is 15.4 Å². The van der Waals surface area contributed by atoms with Crippen molar-refractivity contribution >= 4 is 21.7 Å². The lowest BCUT2D eigenvalue weighted by atomic mass is 10.1. The van der Waals surface area contributed by atoms with Crippen LogP contribution in [0.5, 0.6) is 0 Å². The predicted octanol–water partition coefficient (Wildman–Crippen LogP) is 0.377. The first-order chi connectivity index (χ1) is 9.28. The topological polar surface area (TPSA) is 113 Å². The summed E-state index contributed by atoms with van der Waals surface area (Å²) in [6.45, 7) is 2.20. The molecule has 20 heavy (non-hydrogen) atoms. The highest BCUT2D eigenvalue weighted by molar-refractivity contribution is 7.88. The highest BCUT2D eigenvalue weighted by Gasteiger charge is 2.05. The Hall–Kier alpha value is -1.64. The fourth-order valence-electron chi connectivity index (χ4n) is 1.49. The first-order valence-corrected chi connectivity index (χ1v) is 8.02. The van der Waals surface area contributed by atoms with Crippen molar-refractivity contribution in [1.82, 2.24) is 10.0 Å². The average molecular weight is 300 g/mol. The molecule has 0 saturated heterocycles. The minimum atomic E-state index is -3.23. The maximum absolute atomic E-state index is 11.6. The van der Waals surface area contributed by atoms with Crippen LogP contribution in [0.2, 0.25) is 0 Å². The maximum Gasteiger partial charge on any atom is 0.319 e. The number of benzene rings is 1. The number of anilines is 1. The van der Waals surface area contributed by atoms with Gasteiger partial charge in [0.15, 0.2) is 0 Å². The largest absolute Gasteiger partial charge is 0.337 e. The number of amides is 2. The maximum atomic E-state index is 11.6. The summed E-state index contributed by atoms with van der Waals surface area (Å²) in [6, 6.07) is 6.71. The van der Waals surface area contributed by atoms with Gasteiger partial charge in [-0.05, 0) is 24.6 Å². The van der Waals surface area contributed by atoms with Crippen molar-refractivity contribution in [2.75, 3.05) is 24.7 Å². The Kier molecular flexibility index (Phi) is 5.93. The zero-order valence-electron chi connectivity index (χ0n) is 11.5. The highest BCUT2D eigenvalue weighted by atomic mass is 32.2. The molecular formula is C12H20N4O3S. The van der Waals surface area contributed by atoms with Gasteiger partial charge in [-0.1, -0.05) is 12.1 Å². The molecule has 1 rings (SSSR count). The van der Waals surface area contributed by atoms with Crippen molar-refractivity contribution in [3.63, 3.8) is 0 Å². The first-order valence-electron chi connectivity index (χ1n) is 6.13. The minimum Gasteiger partial charge on any atom is -0.337 e. The number of carbonyl (C=O) groups excluding carboxylic acids is 1. The van der Waals surface area contributed by atoms with E-state index in [9.17, 15) is 13.2 Å². The van der Waals surface area contributed by atoms with E-state index < -0.39 is 16.1 Å². The van der Waals surface area contributed by atoms with E-state index >= 15 is 0 Å². The van der Waals surface area contributed by atoms with E-state index in [1.807, 2.05) is 13.0 Å². The quantitative estimate of drug-likeness (QED) is 0.569. The molecular weight excluding hydrogens is 280 g/mol. The fraction of sp³-hybridized carbons (Fsp3) is 0.417. The van der Waals surface area contributed by atoms with Gasteiger partial charge in [0.25, 0.3) is 0 Å². The molecule has 112 valence electrons. The van der Waals surface area contributed by atoms with Gasteiger partial charge in [0, 0.05) is 24.8 Å². The third-order valence-corrected chi connectivity index (χ3v) is 3.17. The number of nitrogens with two attached hydrogens (primary N) is 1. The average Bonchev–Trinajstić information content (AvgIpc) is 2.34. The lowest BCUT2D eigenvalue weighted by Crippen LogP contribution is -2.36. The molecule has 0 radical (unpaired) electrons.